The van der Waals surface area contributed by atoms with Gasteiger partial charge in [0.2, 0.25) is 0 Å². The van der Waals surface area contributed by atoms with Gasteiger partial charge in [0.25, 0.3) is 0 Å². The molecule has 0 bridgehead atoms. The zero-order valence-electron chi connectivity index (χ0n) is 23.5. The number of rotatable bonds is 20. The smallest absolute Gasteiger partial charge is 0.305 e. The van der Waals surface area contributed by atoms with Gasteiger partial charge in [-0.05, 0) is 12.8 Å². The maximum atomic E-state index is 11.2. The van der Waals surface area contributed by atoms with Gasteiger partial charge in [-0.25, -0.2) is 0 Å². The van der Waals surface area contributed by atoms with E-state index in [1.165, 1.54) is 82.9 Å². The van der Waals surface area contributed by atoms with Gasteiger partial charge >= 0.3 is 5.97 Å². The fraction of sp³-hybridized carbons (Fsp3) is 0.893. The van der Waals surface area contributed by atoms with E-state index >= 15 is 0 Å². The molecule has 0 radical (unpaired) electrons. The third kappa shape index (κ3) is 20.3. The highest BCUT2D eigenvalue weighted by molar-refractivity contribution is 5.84. The van der Waals surface area contributed by atoms with Crippen LogP contribution in [0.25, 0.3) is 0 Å². The number of hydrogen-bond donors (Lipinski definition) is 1. The summed E-state index contributed by atoms with van der Waals surface area (Å²) in [4.78, 5) is 28.0. The van der Waals surface area contributed by atoms with Crippen molar-refractivity contribution in [3.63, 3.8) is 0 Å². The largest absolute Gasteiger partial charge is 0.544 e. The molecule has 35 heavy (non-hydrogen) atoms. The topological polar surface area (TPSA) is 93.0 Å². The van der Waals surface area contributed by atoms with E-state index in [-0.39, 0.29) is 19.0 Å². The molecule has 0 spiro atoms. The van der Waals surface area contributed by atoms with E-state index in [1.54, 1.807) is 21.1 Å². The quantitative estimate of drug-likeness (QED) is 0.191. The summed E-state index contributed by atoms with van der Waals surface area (Å²) >= 11 is 0. The van der Waals surface area contributed by atoms with Crippen LogP contribution in [-0.2, 0) is 9.59 Å². The summed E-state index contributed by atoms with van der Waals surface area (Å²) in [5.41, 5.74) is 0. The van der Waals surface area contributed by atoms with E-state index in [0.717, 1.165) is 32.4 Å². The molecule has 7 nitrogen and oxygen atoms in total. The number of aliphatic carboxylic acids is 2. The van der Waals surface area contributed by atoms with Crippen molar-refractivity contribution < 1.29 is 24.3 Å². The van der Waals surface area contributed by atoms with Crippen molar-refractivity contribution in [3.05, 3.63) is 0 Å². The SMILES string of the molecule is CCCCCCCCCCCCCCC1=NCCN1C(CCC)CC(=O)O.C[N+](C)(C)CC(=O)[O-]. The second kappa shape index (κ2) is 20.6. The molecule has 1 atom stereocenters. The lowest BCUT2D eigenvalue weighted by molar-refractivity contribution is -0.864. The Morgan fingerprint density at radius 1 is 0.914 bits per heavy atom. The van der Waals surface area contributed by atoms with Gasteiger partial charge in [0.05, 0.1) is 45.9 Å². The molecule has 1 aliphatic rings. The molecule has 7 heteroatoms. The van der Waals surface area contributed by atoms with E-state index < -0.39 is 11.9 Å². The minimum atomic E-state index is -1.00. The zero-order chi connectivity index (χ0) is 26.5. The van der Waals surface area contributed by atoms with Crippen LogP contribution in [0.15, 0.2) is 4.99 Å². The van der Waals surface area contributed by atoms with Crippen LogP contribution in [0.1, 0.15) is 117 Å². The molecule has 0 fully saturated rings. The van der Waals surface area contributed by atoms with Gasteiger partial charge in [-0.2, -0.15) is 0 Å². The maximum absolute atomic E-state index is 11.2. The van der Waals surface area contributed by atoms with Crippen LogP contribution >= 0.6 is 0 Å². The number of nitrogens with zero attached hydrogens (tertiary/aromatic N) is 3. The fourth-order valence-electron chi connectivity index (χ4n) is 4.54. The van der Waals surface area contributed by atoms with E-state index in [9.17, 15) is 19.8 Å². The minimum absolute atomic E-state index is 0.0694. The average molecular weight is 498 g/mol. The van der Waals surface area contributed by atoms with Crippen molar-refractivity contribution in [1.29, 1.82) is 0 Å². The third-order valence-electron chi connectivity index (χ3n) is 6.30. The first kappa shape index (κ1) is 33.4. The fourth-order valence-corrected chi connectivity index (χ4v) is 4.54. The predicted octanol–water partition coefficient (Wildman–Crippen LogP) is 4.88. The van der Waals surface area contributed by atoms with E-state index in [2.05, 4.69) is 23.7 Å². The first-order valence-electron chi connectivity index (χ1n) is 14.1. The number of hydrogen-bond acceptors (Lipinski definition) is 5. The summed E-state index contributed by atoms with van der Waals surface area (Å²) in [5, 5.41) is 19.1. The molecule has 0 saturated heterocycles. The Morgan fingerprint density at radius 2 is 1.43 bits per heavy atom. The van der Waals surface area contributed by atoms with Crippen LogP contribution in [0.4, 0.5) is 0 Å². The Bertz CT molecular complexity index is 587. The molecule has 0 aromatic rings. The average Bonchev–Trinajstić information content (AvgIpc) is 3.21. The molecule has 0 amide bonds. The van der Waals surface area contributed by atoms with Crippen molar-refractivity contribution in [2.24, 2.45) is 4.99 Å². The monoisotopic (exact) mass is 497 g/mol. The Morgan fingerprint density at radius 3 is 1.83 bits per heavy atom. The summed E-state index contributed by atoms with van der Waals surface area (Å²) in [7, 11) is 5.40. The summed E-state index contributed by atoms with van der Waals surface area (Å²) in [5.74, 6) is -0.524. The van der Waals surface area contributed by atoms with Crippen LogP contribution in [0.3, 0.4) is 0 Å². The maximum Gasteiger partial charge on any atom is 0.305 e. The molecule has 1 unspecified atom stereocenters. The molecular weight excluding hydrogens is 442 g/mol. The molecule has 0 aromatic heterocycles. The normalized spacial score (nSPS) is 14.3. The number of carbonyl (C=O) groups is 2. The number of quaternary nitrogens is 1. The second-order valence-electron chi connectivity index (χ2n) is 11.0. The number of unbranched alkanes of at least 4 members (excludes halogenated alkanes) is 11. The predicted molar refractivity (Wildman–Crippen MR) is 144 cm³/mol. The number of carboxylic acids is 2. The second-order valence-corrected chi connectivity index (χ2v) is 11.0. The summed E-state index contributed by atoms with van der Waals surface area (Å²) in [6.45, 7) is 6.22. The van der Waals surface area contributed by atoms with Crippen LogP contribution < -0.4 is 5.11 Å². The minimum Gasteiger partial charge on any atom is -0.544 e. The highest BCUT2D eigenvalue weighted by atomic mass is 16.4. The summed E-state index contributed by atoms with van der Waals surface area (Å²) in [6, 6.07) is 0.131. The number of carboxylic acid groups (broad SMARTS) is 2. The Labute approximate surface area is 215 Å². The third-order valence-corrected chi connectivity index (χ3v) is 6.30. The summed E-state index contributed by atoms with van der Waals surface area (Å²) in [6.07, 6.45) is 19.6. The van der Waals surface area contributed by atoms with Gasteiger partial charge in [-0.15, -0.1) is 0 Å². The van der Waals surface area contributed by atoms with Crippen LogP contribution in [-0.4, -0.2) is 79.1 Å². The standard InChI is InChI=1S/C23H44N2O2.C5H11NO2/c1-3-5-6-7-8-9-10-11-12-13-14-15-17-22-24-18-19-25(22)21(16-4-2)20-23(26)27;1-6(2,3)4-5(7)8/h21H,3-20H2,1-2H3,(H,26,27);4H2,1-3H3. The lowest BCUT2D eigenvalue weighted by Crippen LogP contribution is -2.45. The van der Waals surface area contributed by atoms with Crippen molar-refractivity contribution in [2.75, 3.05) is 40.8 Å². The zero-order valence-corrected chi connectivity index (χ0v) is 23.5. The van der Waals surface area contributed by atoms with Gasteiger partial charge < -0.3 is 24.4 Å². The molecule has 1 heterocycles. The van der Waals surface area contributed by atoms with E-state index in [0.29, 0.717) is 4.48 Å². The molecule has 1 aliphatic heterocycles. The van der Waals surface area contributed by atoms with E-state index in [4.69, 9.17) is 0 Å². The van der Waals surface area contributed by atoms with Crippen molar-refractivity contribution >= 4 is 17.8 Å². The number of amidine groups is 1. The first-order valence-corrected chi connectivity index (χ1v) is 14.1. The molecule has 1 rings (SSSR count). The molecule has 1 N–H and O–H groups in total. The Kier molecular flexibility index (Phi) is 19.6. The molecule has 0 aromatic carbocycles. The van der Waals surface area contributed by atoms with Crippen LogP contribution in [0.2, 0.25) is 0 Å². The van der Waals surface area contributed by atoms with Gasteiger partial charge in [0, 0.05) is 19.0 Å². The van der Waals surface area contributed by atoms with Crippen LogP contribution in [0.5, 0.6) is 0 Å². The van der Waals surface area contributed by atoms with Crippen LogP contribution in [0, 0.1) is 0 Å². The highest BCUT2D eigenvalue weighted by Crippen LogP contribution is 2.19. The van der Waals surface area contributed by atoms with Gasteiger partial charge in [-0.1, -0.05) is 90.9 Å². The molecule has 0 aliphatic carbocycles. The molecule has 206 valence electrons. The van der Waals surface area contributed by atoms with Crippen molar-refractivity contribution in [1.82, 2.24) is 4.90 Å². The van der Waals surface area contributed by atoms with Crippen molar-refractivity contribution in [3.8, 4) is 0 Å². The van der Waals surface area contributed by atoms with Crippen molar-refractivity contribution in [2.45, 2.75) is 123 Å². The van der Waals surface area contributed by atoms with Gasteiger partial charge in [-0.3, -0.25) is 9.79 Å². The summed E-state index contributed by atoms with van der Waals surface area (Å²) < 4.78 is 0.419. The highest BCUT2D eigenvalue weighted by Gasteiger charge is 2.26. The number of carbonyl (C=O) groups excluding carboxylic acids is 1. The lowest BCUT2D eigenvalue weighted by Gasteiger charge is -2.29. The molecular formula is C28H55N3O4. The lowest BCUT2D eigenvalue weighted by atomic mass is 10.0. The van der Waals surface area contributed by atoms with E-state index in [1.807, 2.05) is 0 Å². The van der Waals surface area contributed by atoms with Gasteiger partial charge in [0.1, 0.15) is 6.54 Å². The molecule has 0 saturated carbocycles. The Hall–Kier alpha value is -1.63. The van der Waals surface area contributed by atoms with Gasteiger partial charge in [0.15, 0.2) is 0 Å². The number of likely N-dealkylation sites (N-methyl/N-ethyl adjacent to an activating group) is 1. The number of aliphatic imine (C=N–C) groups is 1. The first-order chi connectivity index (χ1) is 16.6. The Balaban J connectivity index is 0.00000124.